The van der Waals surface area contributed by atoms with E-state index >= 15 is 0 Å². The Morgan fingerprint density at radius 2 is 2.17 bits per heavy atom. The van der Waals surface area contributed by atoms with Crippen LogP contribution in [-0.4, -0.2) is 10.8 Å². The van der Waals surface area contributed by atoms with Crippen molar-refractivity contribution >= 4 is 11.9 Å². The molecule has 0 fully saturated rings. The minimum Gasteiger partial charge on any atom is -0.294 e. The van der Waals surface area contributed by atoms with Gasteiger partial charge in [0.1, 0.15) is 0 Å². The Hall–Kier alpha value is -1.51. The molecule has 1 aromatic heterocycles. The molecule has 0 N–H and O–H groups in total. The molecule has 0 spiro atoms. The molecule has 0 saturated carbocycles. The van der Waals surface area contributed by atoms with Crippen molar-refractivity contribution in [2.24, 2.45) is 0 Å². The quantitative estimate of drug-likeness (QED) is 0.540. The number of halogens is 1. The van der Waals surface area contributed by atoms with Crippen LogP contribution in [0.1, 0.15) is 11.3 Å². The molecule has 0 atom stereocenters. The number of aromatic nitrogens is 1. The predicted molar refractivity (Wildman–Crippen MR) is 41.9 cm³/mol. The molecule has 12 heavy (non-hydrogen) atoms. The average molecular weight is 163 g/mol. The molecule has 0 aliphatic heterocycles. The Bertz CT molecular complexity index is 371. The van der Waals surface area contributed by atoms with Gasteiger partial charge in [-0.05, 0) is 23.8 Å². The predicted octanol–water partition coefficient (Wildman–Crippen LogP) is 1.36. The number of allylic oxidation sites excluding steroid dienone is 1. The van der Waals surface area contributed by atoms with Crippen molar-refractivity contribution in [3.63, 3.8) is 0 Å². The van der Waals surface area contributed by atoms with Crippen molar-refractivity contribution in [3.8, 4) is 0 Å². The second kappa shape index (κ2) is 2.52. The molecule has 1 aliphatic rings. The van der Waals surface area contributed by atoms with Crippen LogP contribution >= 0.6 is 0 Å². The van der Waals surface area contributed by atoms with Gasteiger partial charge in [-0.25, -0.2) is 4.98 Å². The maximum atomic E-state index is 12.6. The Morgan fingerprint density at radius 1 is 1.33 bits per heavy atom. The zero-order valence-corrected chi connectivity index (χ0v) is 6.25. The van der Waals surface area contributed by atoms with Crippen LogP contribution in [0.3, 0.4) is 0 Å². The molecular weight excluding hydrogens is 157 g/mol. The van der Waals surface area contributed by atoms with E-state index in [1.807, 2.05) is 0 Å². The van der Waals surface area contributed by atoms with E-state index < -0.39 is 5.95 Å². The fourth-order valence-electron chi connectivity index (χ4n) is 1.19. The highest BCUT2D eigenvalue weighted by Crippen LogP contribution is 2.14. The molecular formula is C9H6FNO. The maximum Gasteiger partial charge on any atom is 0.213 e. The van der Waals surface area contributed by atoms with Crippen LogP contribution in [0, 0.1) is 5.95 Å². The van der Waals surface area contributed by atoms with Gasteiger partial charge < -0.3 is 0 Å². The van der Waals surface area contributed by atoms with Crippen LogP contribution in [0.4, 0.5) is 4.39 Å². The first-order valence-corrected chi connectivity index (χ1v) is 3.62. The summed E-state index contributed by atoms with van der Waals surface area (Å²) in [5.74, 6) is -0.469. The van der Waals surface area contributed by atoms with Crippen LogP contribution in [0.15, 0.2) is 18.2 Å². The highest BCUT2D eigenvalue weighted by molar-refractivity contribution is 5.97. The molecule has 2 rings (SSSR count). The van der Waals surface area contributed by atoms with E-state index in [0.717, 1.165) is 5.56 Å². The van der Waals surface area contributed by atoms with Gasteiger partial charge in [0.25, 0.3) is 0 Å². The van der Waals surface area contributed by atoms with Gasteiger partial charge in [0.05, 0.1) is 5.69 Å². The normalized spacial score (nSPS) is 14.6. The van der Waals surface area contributed by atoms with E-state index in [2.05, 4.69) is 4.98 Å². The molecule has 2 nitrogen and oxygen atoms in total. The van der Waals surface area contributed by atoms with Gasteiger partial charge in [-0.3, -0.25) is 4.79 Å². The summed E-state index contributed by atoms with van der Waals surface area (Å²) in [4.78, 5) is 14.5. The fourth-order valence-corrected chi connectivity index (χ4v) is 1.19. The zero-order chi connectivity index (χ0) is 8.55. The van der Waals surface area contributed by atoms with Gasteiger partial charge in [0.2, 0.25) is 5.95 Å². The second-order valence-electron chi connectivity index (χ2n) is 2.65. The minimum atomic E-state index is -0.507. The van der Waals surface area contributed by atoms with Gasteiger partial charge in [-0.1, -0.05) is 6.07 Å². The van der Waals surface area contributed by atoms with E-state index in [1.54, 1.807) is 12.1 Å². The summed E-state index contributed by atoms with van der Waals surface area (Å²) >= 11 is 0. The number of ketones is 1. The average Bonchev–Trinajstić information content (AvgIpc) is 2.05. The monoisotopic (exact) mass is 163 g/mol. The molecule has 60 valence electrons. The zero-order valence-electron chi connectivity index (χ0n) is 6.25. The van der Waals surface area contributed by atoms with Crippen LogP contribution in [0.25, 0.3) is 6.08 Å². The Morgan fingerprint density at radius 3 is 3.00 bits per heavy atom. The first kappa shape index (κ1) is 7.16. The van der Waals surface area contributed by atoms with Crippen molar-refractivity contribution in [3.05, 3.63) is 35.4 Å². The number of hydrogen-bond donors (Lipinski definition) is 0. The molecule has 0 radical (unpaired) electrons. The maximum absolute atomic E-state index is 12.6. The Labute approximate surface area is 68.7 Å². The number of carbonyl (C=O) groups excluding carboxylic acids is 1. The number of rotatable bonds is 0. The third-order valence-electron chi connectivity index (χ3n) is 1.77. The summed E-state index contributed by atoms with van der Waals surface area (Å²) in [6.07, 6.45) is 3.30. The number of nitrogens with zero attached hydrogens (tertiary/aromatic N) is 1. The third-order valence-corrected chi connectivity index (χ3v) is 1.77. The van der Waals surface area contributed by atoms with Crippen LogP contribution in [0.2, 0.25) is 0 Å². The molecule has 1 aliphatic carbocycles. The first-order valence-electron chi connectivity index (χ1n) is 3.62. The van der Waals surface area contributed by atoms with Gasteiger partial charge in [0, 0.05) is 6.42 Å². The van der Waals surface area contributed by atoms with E-state index in [0.29, 0.717) is 12.1 Å². The van der Waals surface area contributed by atoms with Crippen LogP contribution in [0.5, 0.6) is 0 Å². The first-order chi connectivity index (χ1) is 5.75. The standard InChI is InChI=1S/C9H6FNO/c10-9-4-1-6-5-7(12)2-3-8(6)11-9/h1-4H,5H2. The highest BCUT2D eigenvalue weighted by atomic mass is 19.1. The molecule has 0 bridgehead atoms. The number of fused-ring (bicyclic) bond motifs is 1. The third kappa shape index (κ3) is 1.13. The van der Waals surface area contributed by atoms with Crippen molar-refractivity contribution < 1.29 is 9.18 Å². The molecule has 3 heteroatoms. The van der Waals surface area contributed by atoms with E-state index in [1.165, 1.54) is 12.1 Å². The second-order valence-corrected chi connectivity index (χ2v) is 2.65. The topological polar surface area (TPSA) is 30.0 Å². The van der Waals surface area contributed by atoms with Crippen LogP contribution < -0.4 is 0 Å². The molecule has 0 aromatic carbocycles. The van der Waals surface area contributed by atoms with Crippen molar-refractivity contribution in [2.45, 2.75) is 6.42 Å². The van der Waals surface area contributed by atoms with Crippen molar-refractivity contribution in [2.75, 3.05) is 0 Å². The summed E-state index contributed by atoms with van der Waals surface area (Å²) in [7, 11) is 0. The molecule has 0 saturated heterocycles. The van der Waals surface area contributed by atoms with Crippen molar-refractivity contribution in [1.82, 2.24) is 4.98 Å². The Kier molecular flexibility index (Phi) is 1.50. The lowest BCUT2D eigenvalue weighted by atomic mass is 10.0. The summed E-state index contributed by atoms with van der Waals surface area (Å²) in [5.41, 5.74) is 1.36. The number of hydrogen-bond acceptors (Lipinski definition) is 2. The molecule has 0 unspecified atom stereocenters. The van der Waals surface area contributed by atoms with E-state index in [9.17, 15) is 9.18 Å². The highest BCUT2D eigenvalue weighted by Gasteiger charge is 2.11. The van der Waals surface area contributed by atoms with Crippen molar-refractivity contribution in [1.29, 1.82) is 0 Å². The van der Waals surface area contributed by atoms with Crippen LogP contribution in [-0.2, 0) is 11.2 Å². The minimum absolute atomic E-state index is 0.0379. The lowest BCUT2D eigenvalue weighted by Gasteiger charge is -2.06. The fraction of sp³-hybridized carbons (Fsp3) is 0.111. The number of carbonyl (C=O) groups is 1. The molecule has 1 heterocycles. The molecule has 1 aromatic rings. The Balaban J connectivity index is 2.54. The summed E-state index contributed by atoms with van der Waals surface area (Å²) in [6, 6.07) is 2.87. The lowest BCUT2D eigenvalue weighted by molar-refractivity contribution is -0.114. The smallest absolute Gasteiger partial charge is 0.213 e. The van der Waals surface area contributed by atoms with Gasteiger partial charge in [-0.2, -0.15) is 4.39 Å². The largest absolute Gasteiger partial charge is 0.294 e. The molecule has 0 amide bonds. The van der Waals surface area contributed by atoms with E-state index in [-0.39, 0.29) is 5.78 Å². The summed E-state index contributed by atoms with van der Waals surface area (Å²) in [6.45, 7) is 0. The lowest BCUT2D eigenvalue weighted by Crippen LogP contribution is -2.07. The van der Waals surface area contributed by atoms with E-state index in [4.69, 9.17) is 0 Å². The number of pyridine rings is 1. The van der Waals surface area contributed by atoms with Gasteiger partial charge in [0.15, 0.2) is 5.78 Å². The SMILES string of the molecule is O=C1C=Cc2nc(F)ccc2C1. The summed E-state index contributed by atoms with van der Waals surface area (Å²) in [5, 5.41) is 0. The summed E-state index contributed by atoms with van der Waals surface area (Å²) < 4.78 is 12.6. The van der Waals surface area contributed by atoms with Gasteiger partial charge in [-0.15, -0.1) is 0 Å². The van der Waals surface area contributed by atoms with Gasteiger partial charge >= 0.3 is 0 Å².